The second kappa shape index (κ2) is 9.03. The average molecular weight is 460 g/mol. The van der Waals surface area contributed by atoms with Gasteiger partial charge in [0.1, 0.15) is 0 Å². The maximum atomic E-state index is 2.71. The molecule has 4 aliphatic rings. The van der Waals surface area contributed by atoms with E-state index in [1.54, 1.807) is 12.8 Å². The molecule has 0 bridgehead atoms. The van der Waals surface area contributed by atoms with E-state index in [0.717, 1.165) is 23.7 Å². The number of rotatable bonds is 3. The van der Waals surface area contributed by atoms with Gasteiger partial charge >= 0.3 is 145 Å². The minimum Gasteiger partial charge on any atom is -1.00 e. The molecule has 2 fully saturated rings. The molecule has 4 heteroatoms. The fourth-order valence-electron chi connectivity index (χ4n) is 5.82. The average Bonchev–Trinajstić information content (AvgIpc) is 3.13. The van der Waals surface area contributed by atoms with Gasteiger partial charge in [-0.05, 0) is 0 Å². The van der Waals surface area contributed by atoms with Crippen LogP contribution in [0.5, 0.6) is 0 Å². The predicted octanol–water partition coefficient (Wildman–Crippen LogP) is -0.523. The predicted molar refractivity (Wildman–Crippen MR) is 95.4 cm³/mol. The molecule has 0 amide bonds. The molecule has 0 aromatic rings. The van der Waals surface area contributed by atoms with E-state index in [1.807, 2.05) is 0 Å². The van der Waals surface area contributed by atoms with Crippen LogP contribution in [0.2, 0.25) is 20.3 Å². The second-order valence-electron chi connectivity index (χ2n) is 8.04. The Morgan fingerprint density at radius 2 is 1.08 bits per heavy atom. The Labute approximate surface area is 169 Å². The molecular weight excluding hydrogens is 430 g/mol. The molecule has 4 aliphatic carbocycles. The van der Waals surface area contributed by atoms with Crippen molar-refractivity contribution < 1.29 is 45.7 Å². The van der Waals surface area contributed by atoms with Crippen LogP contribution in [-0.4, -0.2) is 5.92 Å². The van der Waals surface area contributed by atoms with Crippen LogP contribution in [-0.2, 0) is 20.9 Å². The van der Waals surface area contributed by atoms with Crippen molar-refractivity contribution in [2.75, 3.05) is 0 Å². The van der Waals surface area contributed by atoms with Crippen LogP contribution in [0.3, 0.4) is 0 Å². The van der Waals surface area contributed by atoms with E-state index in [-0.39, 0.29) is 24.8 Å². The van der Waals surface area contributed by atoms with E-state index in [1.165, 1.54) is 20.1 Å². The topological polar surface area (TPSA) is 0 Å². The maximum Gasteiger partial charge on any atom is -1.00 e. The molecular formula is C20H29Cl2SiZr. The van der Waals surface area contributed by atoms with Crippen molar-refractivity contribution in [3.05, 3.63) is 48.6 Å². The van der Waals surface area contributed by atoms with Crippen molar-refractivity contribution in [1.82, 2.24) is 0 Å². The van der Waals surface area contributed by atoms with E-state index < -0.39 is 26.8 Å². The van der Waals surface area contributed by atoms with Crippen LogP contribution in [0, 0.1) is 23.7 Å². The van der Waals surface area contributed by atoms with Crippen molar-refractivity contribution in [3.63, 3.8) is 0 Å². The van der Waals surface area contributed by atoms with Gasteiger partial charge in [-0.1, -0.05) is 0 Å². The molecule has 4 rings (SSSR count). The molecule has 6 atom stereocenters. The Hall–Kier alpha value is 0.640. The molecule has 0 aromatic carbocycles. The van der Waals surface area contributed by atoms with Crippen molar-refractivity contribution >= 4 is 5.92 Å². The Bertz CT molecular complexity index is 496. The fraction of sp³-hybridized carbons (Fsp3) is 0.600. The van der Waals surface area contributed by atoms with Crippen molar-refractivity contribution in [2.24, 2.45) is 23.7 Å². The Balaban J connectivity index is 0.00000104. The van der Waals surface area contributed by atoms with Gasteiger partial charge in [0.2, 0.25) is 0 Å². The zero-order chi connectivity index (χ0) is 15.1. The Morgan fingerprint density at radius 3 is 1.50 bits per heavy atom. The summed E-state index contributed by atoms with van der Waals surface area (Å²) >= 11 is -1.33. The summed E-state index contributed by atoms with van der Waals surface area (Å²) in [5.74, 6) is 3.24. The first-order valence-electron chi connectivity index (χ1n) is 9.32. The monoisotopic (exact) mass is 457 g/mol. The van der Waals surface area contributed by atoms with E-state index in [0.29, 0.717) is 0 Å². The van der Waals surface area contributed by atoms with E-state index in [9.17, 15) is 0 Å². The summed E-state index contributed by atoms with van der Waals surface area (Å²) in [6.07, 6.45) is 25.7. The van der Waals surface area contributed by atoms with Crippen LogP contribution < -0.4 is 24.8 Å². The number of allylic oxidation sites excluding steroid dienone is 8. The minimum atomic E-state index is -1.33. The third-order valence-electron chi connectivity index (χ3n) is 6.67. The molecule has 2 saturated carbocycles. The molecule has 0 nitrogen and oxygen atoms in total. The second-order valence-corrected chi connectivity index (χ2v) is 28.9. The first kappa shape index (κ1) is 20.9. The first-order valence-corrected chi connectivity index (χ1v) is 19.3. The van der Waals surface area contributed by atoms with Crippen molar-refractivity contribution in [1.29, 1.82) is 0 Å². The zero-order valence-corrected chi connectivity index (χ0v) is 19.9. The Kier molecular flexibility index (Phi) is 7.88. The van der Waals surface area contributed by atoms with Gasteiger partial charge in [0.25, 0.3) is 0 Å². The van der Waals surface area contributed by atoms with E-state index in [4.69, 9.17) is 0 Å². The van der Waals surface area contributed by atoms with Crippen LogP contribution >= 0.6 is 0 Å². The summed E-state index contributed by atoms with van der Waals surface area (Å²) in [6, 6.07) is 0. The van der Waals surface area contributed by atoms with Gasteiger partial charge in [0.05, 0.1) is 0 Å². The zero-order valence-electron chi connectivity index (χ0n) is 14.7. The summed E-state index contributed by atoms with van der Waals surface area (Å²) in [5.41, 5.74) is 0. The van der Waals surface area contributed by atoms with Gasteiger partial charge in [-0.15, -0.1) is 0 Å². The van der Waals surface area contributed by atoms with Crippen LogP contribution in [0.1, 0.15) is 25.7 Å². The molecule has 0 aromatic heterocycles. The number of hydrogen-bond donors (Lipinski definition) is 0. The molecule has 6 unspecified atom stereocenters. The first-order chi connectivity index (χ1) is 10.8. The quantitative estimate of drug-likeness (QED) is 0.499. The van der Waals surface area contributed by atoms with E-state index >= 15 is 0 Å². The number of fused-ring (bicyclic) bond motifs is 2. The standard InChI is InChI=1S/2C9H11.C2H7Si.2ClH.Zr/c2*1-2-5-9-7-3-6-8(9)4-1;1-3-2;;;/h2*1-2,4-6,8-9H,3,7H2;3H,1-2H3;2*1H;/q;;;;;+2/p-2. The molecule has 0 N–H and O–H groups in total. The maximum absolute atomic E-state index is 2.71. The van der Waals surface area contributed by atoms with Crippen molar-refractivity contribution in [2.45, 2.75) is 46.0 Å². The van der Waals surface area contributed by atoms with Gasteiger partial charge in [0, 0.05) is 0 Å². The molecule has 0 radical (unpaired) electrons. The largest absolute Gasteiger partial charge is 1.00 e. The third kappa shape index (κ3) is 3.83. The molecule has 0 heterocycles. The fourth-order valence-corrected chi connectivity index (χ4v) is 32.5. The summed E-state index contributed by atoms with van der Waals surface area (Å²) in [7, 11) is 0. The molecule has 0 aliphatic heterocycles. The normalized spacial score (nSPS) is 38.5. The number of halogens is 2. The molecule has 24 heavy (non-hydrogen) atoms. The minimum absolute atomic E-state index is 0. The smallest absolute Gasteiger partial charge is 1.00 e. The van der Waals surface area contributed by atoms with Crippen LogP contribution in [0.15, 0.2) is 48.6 Å². The van der Waals surface area contributed by atoms with Gasteiger partial charge in [0.15, 0.2) is 0 Å². The van der Waals surface area contributed by atoms with Crippen LogP contribution in [0.25, 0.3) is 0 Å². The van der Waals surface area contributed by atoms with Gasteiger partial charge in [-0.2, -0.15) is 0 Å². The molecule has 0 saturated heterocycles. The Morgan fingerprint density at radius 1 is 0.667 bits per heavy atom. The summed E-state index contributed by atoms with van der Waals surface area (Å²) in [6.45, 7) is 5.42. The van der Waals surface area contributed by atoms with Gasteiger partial charge in [-0.3, -0.25) is 0 Å². The summed E-state index contributed by atoms with van der Waals surface area (Å²) in [4.78, 5) is 0. The van der Waals surface area contributed by atoms with Gasteiger partial charge in [-0.25, -0.2) is 0 Å². The third-order valence-corrected chi connectivity index (χ3v) is 30.4. The van der Waals surface area contributed by atoms with Gasteiger partial charge < -0.3 is 24.8 Å². The molecule has 131 valence electrons. The SMILES string of the molecule is C[SiH](C)[Zr+2]([CH]1CCC2C=CC=CC21)[CH]1CCC2C=CC=CC21.[Cl-].[Cl-]. The number of hydrogen-bond acceptors (Lipinski definition) is 0. The van der Waals surface area contributed by atoms with Crippen LogP contribution in [0.4, 0.5) is 0 Å². The summed E-state index contributed by atoms with van der Waals surface area (Å²) in [5, 5.41) is 0. The summed E-state index contributed by atoms with van der Waals surface area (Å²) < 4.78 is 2.34. The van der Waals surface area contributed by atoms with E-state index in [2.05, 4.69) is 61.7 Å². The molecule has 0 spiro atoms. The van der Waals surface area contributed by atoms with Crippen molar-refractivity contribution in [3.8, 4) is 0 Å².